The third kappa shape index (κ3) is 5.43. The van der Waals surface area contributed by atoms with Crippen LogP contribution in [-0.2, 0) is 0 Å². The molecule has 1 aromatic carbocycles. The third-order valence-electron chi connectivity index (χ3n) is 3.47. The van der Waals surface area contributed by atoms with Crippen molar-refractivity contribution in [2.75, 3.05) is 26.2 Å². The normalized spacial score (nSPS) is 10.7. The average Bonchev–Trinajstić information content (AvgIpc) is 2.43. The molecule has 0 aliphatic rings. The van der Waals surface area contributed by atoms with Crippen LogP contribution in [0.1, 0.15) is 42.6 Å². The van der Waals surface area contributed by atoms with Crippen LogP contribution in [0.15, 0.2) is 24.3 Å². The number of unbranched alkanes of at least 4 members (excludes halogenated alkanes) is 1. The number of aryl methyl sites for hydroxylation is 1. The van der Waals surface area contributed by atoms with Crippen LogP contribution in [0.3, 0.4) is 0 Å². The van der Waals surface area contributed by atoms with E-state index in [1.807, 2.05) is 31.2 Å². The average molecular weight is 262 g/mol. The van der Waals surface area contributed by atoms with E-state index in [4.69, 9.17) is 0 Å². The van der Waals surface area contributed by atoms with Gasteiger partial charge in [0.15, 0.2) is 0 Å². The van der Waals surface area contributed by atoms with Gasteiger partial charge in [-0.1, -0.05) is 32.0 Å². The minimum Gasteiger partial charge on any atom is -0.352 e. The van der Waals surface area contributed by atoms with Gasteiger partial charge in [0.2, 0.25) is 0 Å². The van der Waals surface area contributed by atoms with Crippen molar-refractivity contribution >= 4 is 5.91 Å². The molecule has 3 heteroatoms. The van der Waals surface area contributed by atoms with Gasteiger partial charge in [-0.05, 0) is 51.0 Å². The first kappa shape index (κ1) is 15.7. The van der Waals surface area contributed by atoms with Crippen LogP contribution in [0.25, 0.3) is 0 Å². The number of carbonyl (C=O) groups excluding carboxylic acids is 1. The molecule has 0 unspecified atom stereocenters. The van der Waals surface area contributed by atoms with Crippen molar-refractivity contribution in [3.8, 4) is 0 Å². The van der Waals surface area contributed by atoms with Gasteiger partial charge in [-0.15, -0.1) is 0 Å². The van der Waals surface area contributed by atoms with Crippen LogP contribution < -0.4 is 5.32 Å². The van der Waals surface area contributed by atoms with Gasteiger partial charge in [0.1, 0.15) is 0 Å². The summed E-state index contributed by atoms with van der Waals surface area (Å²) in [5.41, 5.74) is 1.81. The maximum absolute atomic E-state index is 12.0. The lowest BCUT2D eigenvalue weighted by Crippen LogP contribution is -2.27. The van der Waals surface area contributed by atoms with Crippen molar-refractivity contribution in [3.63, 3.8) is 0 Å². The Morgan fingerprint density at radius 1 is 1.16 bits per heavy atom. The number of hydrogen-bond donors (Lipinski definition) is 1. The number of rotatable bonds is 8. The molecular formula is C16H26N2O. The molecule has 0 radical (unpaired) electrons. The lowest BCUT2D eigenvalue weighted by molar-refractivity contribution is 0.0952. The van der Waals surface area contributed by atoms with Crippen molar-refractivity contribution in [1.82, 2.24) is 10.2 Å². The van der Waals surface area contributed by atoms with Crippen LogP contribution in [0.4, 0.5) is 0 Å². The molecule has 0 heterocycles. The highest BCUT2D eigenvalue weighted by Crippen LogP contribution is 2.06. The van der Waals surface area contributed by atoms with E-state index in [0.717, 1.165) is 50.1 Å². The van der Waals surface area contributed by atoms with E-state index >= 15 is 0 Å². The second-order valence-corrected chi connectivity index (χ2v) is 4.80. The van der Waals surface area contributed by atoms with Gasteiger partial charge in [0.05, 0.1) is 0 Å². The Morgan fingerprint density at radius 3 is 2.47 bits per heavy atom. The summed E-state index contributed by atoms with van der Waals surface area (Å²) in [6.07, 6.45) is 2.17. The number of benzene rings is 1. The molecule has 1 aromatic rings. The Kier molecular flexibility index (Phi) is 7.19. The van der Waals surface area contributed by atoms with E-state index in [1.54, 1.807) is 0 Å². The van der Waals surface area contributed by atoms with Gasteiger partial charge < -0.3 is 10.2 Å². The molecule has 106 valence electrons. The fourth-order valence-electron chi connectivity index (χ4n) is 2.13. The van der Waals surface area contributed by atoms with Gasteiger partial charge in [-0.3, -0.25) is 4.79 Å². The van der Waals surface area contributed by atoms with Crippen LogP contribution >= 0.6 is 0 Å². The maximum Gasteiger partial charge on any atom is 0.251 e. The zero-order chi connectivity index (χ0) is 14.1. The largest absolute Gasteiger partial charge is 0.352 e. The number of nitrogens with one attached hydrogen (secondary N) is 1. The molecule has 0 fully saturated rings. The smallest absolute Gasteiger partial charge is 0.251 e. The lowest BCUT2D eigenvalue weighted by Gasteiger charge is -2.17. The zero-order valence-electron chi connectivity index (χ0n) is 12.4. The number of hydrogen-bond acceptors (Lipinski definition) is 2. The quantitative estimate of drug-likeness (QED) is 0.731. The molecule has 1 rings (SSSR count). The summed E-state index contributed by atoms with van der Waals surface area (Å²) < 4.78 is 0. The number of amides is 1. The topological polar surface area (TPSA) is 32.3 Å². The summed E-state index contributed by atoms with van der Waals surface area (Å²) in [6, 6.07) is 7.70. The molecule has 0 saturated heterocycles. The van der Waals surface area contributed by atoms with E-state index in [1.165, 1.54) is 0 Å². The number of nitrogens with zero attached hydrogens (tertiary/aromatic N) is 1. The van der Waals surface area contributed by atoms with Gasteiger partial charge in [-0.25, -0.2) is 0 Å². The first-order chi connectivity index (χ1) is 9.19. The van der Waals surface area contributed by atoms with Crippen LogP contribution in [-0.4, -0.2) is 37.0 Å². The Hall–Kier alpha value is -1.35. The molecule has 0 bridgehead atoms. The second kappa shape index (κ2) is 8.70. The highest BCUT2D eigenvalue weighted by molar-refractivity contribution is 5.95. The van der Waals surface area contributed by atoms with E-state index in [2.05, 4.69) is 24.1 Å². The first-order valence-corrected chi connectivity index (χ1v) is 7.25. The third-order valence-corrected chi connectivity index (χ3v) is 3.47. The molecule has 1 amide bonds. The lowest BCUT2D eigenvalue weighted by atomic mass is 10.1. The first-order valence-electron chi connectivity index (χ1n) is 7.25. The second-order valence-electron chi connectivity index (χ2n) is 4.80. The summed E-state index contributed by atoms with van der Waals surface area (Å²) in [5.74, 6) is 0.0425. The highest BCUT2D eigenvalue weighted by Gasteiger charge is 2.06. The van der Waals surface area contributed by atoms with Crippen LogP contribution in [0.2, 0.25) is 0 Å². The summed E-state index contributed by atoms with van der Waals surface area (Å²) in [7, 11) is 0. The predicted octanol–water partition coefficient (Wildman–Crippen LogP) is 2.85. The predicted molar refractivity (Wildman–Crippen MR) is 80.5 cm³/mol. The number of carbonyl (C=O) groups is 1. The van der Waals surface area contributed by atoms with E-state index in [0.29, 0.717) is 0 Å². The van der Waals surface area contributed by atoms with Crippen molar-refractivity contribution < 1.29 is 4.79 Å². The summed E-state index contributed by atoms with van der Waals surface area (Å²) >= 11 is 0. The fourth-order valence-corrected chi connectivity index (χ4v) is 2.13. The molecule has 1 N–H and O–H groups in total. The molecule has 3 nitrogen and oxygen atoms in total. The van der Waals surface area contributed by atoms with Gasteiger partial charge in [0, 0.05) is 12.1 Å². The Balaban J connectivity index is 2.23. The van der Waals surface area contributed by atoms with Gasteiger partial charge in [0.25, 0.3) is 5.91 Å². The molecular weight excluding hydrogens is 236 g/mol. The summed E-state index contributed by atoms with van der Waals surface area (Å²) in [6.45, 7) is 10.4. The van der Waals surface area contributed by atoms with E-state index in [-0.39, 0.29) is 5.91 Å². The summed E-state index contributed by atoms with van der Waals surface area (Å²) in [4.78, 5) is 14.4. The van der Waals surface area contributed by atoms with Crippen LogP contribution in [0, 0.1) is 6.92 Å². The Bertz CT molecular complexity index is 386. The van der Waals surface area contributed by atoms with E-state index in [9.17, 15) is 4.79 Å². The fraction of sp³-hybridized carbons (Fsp3) is 0.562. The molecule has 0 aromatic heterocycles. The standard InChI is InChI=1S/C16H26N2O/c1-4-18(5-2)13-9-8-12-17-16(19)15-11-7-6-10-14(15)3/h6-7,10-11H,4-5,8-9,12-13H2,1-3H3,(H,17,19). The molecule has 0 atom stereocenters. The van der Waals surface area contributed by atoms with Gasteiger partial charge in [-0.2, -0.15) is 0 Å². The Morgan fingerprint density at radius 2 is 1.84 bits per heavy atom. The zero-order valence-corrected chi connectivity index (χ0v) is 12.4. The molecule has 19 heavy (non-hydrogen) atoms. The molecule has 0 spiro atoms. The minimum absolute atomic E-state index is 0.0425. The van der Waals surface area contributed by atoms with Crippen molar-refractivity contribution in [1.29, 1.82) is 0 Å². The van der Waals surface area contributed by atoms with Crippen molar-refractivity contribution in [3.05, 3.63) is 35.4 Å². The van der Waals surface area contributed by atoms with Crippen LogP contribution in [0.5, 0.6) is 0 Å². The minimum atomic E-state index is 0.0425. The van der Waals surface area contributed by atoms with E-state index < -0.39 is 0 Å². The molecule has 0 saturated carbocycles. The highest BCUT2D eigenvalue weighted by atomic mass is 16.1. The monoisotopic (exact) mass is 262 g/mol. The SMILES string of the molecule is CCN(CC)CCCCNC(=O)c1ccccc1C. The Labute approximate surface area is 117 Å². The van der Waals surface area contributed by atoms with Crippen molar-refractivity contribution in [2.24, 2.45) is 0 Å². The molecule has 0 aliphatic heterocycles. The van der Waals surface area contributed by atoms with Crippen molar-refractivity contribution in [2.45, 2.75) is 33.6 Å². The molecule has 0 aliphatic carbocycles. The maximum atomic E-state index is 12.0. The van der Waals surface area contributed by atoms with Gasteiger partial charge >= 0.3 is 0 Å². The summed E-state index contributed by atoms with van der Waals surface area (Å²) in [5, 5.41) is 2.99.